The molecule has 2 atom stereocenters. The Morgan fingerprint density at radius 2 is 1.81 bits per heavy atom. The first-order chi connectivity index (χ1) is 9.99. The predicted octanol–water partition coefficient (Wildman–Crippen LogP) is 4.51. The maximum Gasteiger partial charge on any atom is 0.297 e. The number of hydrogen-bond acceptors (Lipinski definition) is 3. The molecule has 1 saturated carbocycles. The smallest absolute Gasteiger partial charge is 0.263 e. The molecule has 2 rings (SSSR count). The third-order valence-corrected chi connectivity index (χ3v) is 5.74. The largest absolute Gasteiger partial charge is 0.297 e. The van der Waals surface area contributed by atoms with Crippen molar-refractivity contribution in [2.75, 3.05) is 0 Å². The van der Waals surface area contributed by atoms with E-state index in [4.69, 9.17) is 4.18 Å². The van der Waals surface area contributed by atoms with Crippen LogP contribution in [0, 0.1) is 5.92 Å². The van der Waals surface area contributed by atoms with Gasteiger partial charge in [0.15, 0.2) is 0 Å². The topological polar surface area (TPSA) is 43.4 Å². The SMILES string of the molecule is CC(Br)C[C@@H](OS(=O)(=O)c1ccccc1)C1CCCCC1. The van der Waals surface area contributed by atoms with Gasteiger partial charge in [-0.25, -0.2) is 0 Å². The van der Waals surface area contributed by atoms with Crippen LogP contribution in [0.2, 0.25) is 0 Å². The van der Waals surface area contributed by atoms with Gasteiger partial charge in [0.25, 0.3) is 10.1 Å². The van der Waals surface area contributed by atoms with Crippen LogP contribution in [0.1, 0.15) is 45.4 Å². The van der Waals surface area contributed by atoms with E-state index in [1.807, 2.05) is 6.92 Å². The van der Waals surface area contributed by atoms with Gasteiger partial charge in [-0.3, -0.25) is 4.18 Å². The van der Waals surface area contributed by atoms with Gasteiger partial charge < -0.3 is 0 Å². The Morgan fingerprint density at radius 3 is 2.38 bits per heavy atom. The van der Waals surface area contributed by atoms with Crippen LogP contribution < -0.4 is 0 Å². The Morgan fingerprint density at radius 1 is 1.19 bits per heavy atom. The van der Waals surface area contributed by atoms with Crippen LogP contribution in [0.15, 0.2) is 35.2 Å². The van der Waals surface area contributed by atoms with E-state index in [0.717, 1.165) is 19.3 Å². The van der Waals surface area contributed by atoms with E-state index < -0.39 is 10.1 Å². The lowest BCUT2D eigenvalue weighted by Gasteiger charge is -2.30. The van der Waals surface area contributed by atoms with Crippen molar-refractivity contribution in [1.29, 1.82) is 0 Å². The molecule has 1 fully saturated rings. The van der Waals surface area contributed by atoms with E-state index >= 15 is 0 Å². The van der Waals surface area contributed by atoms with Crippen molar-refractivity contribution >= 4 is 26.0 Å². The standard InChI is InChI=1S/C16H23BrO3S/c1-13(17)12-16(14-8-4-2-5-9-14)20-21(18,19)15-10-6-3-7-11-15/h3,6-7,10-11,13-14,16H,2,4-5,8-9,12H2,1H3/t13?,16-/m1/s1. The minimum Gasteiger partial charge on any atom is -0.263 e. The number of benzene rings is 1. The van der Waals surface area contributed by atoms with Crippen LogP contribution in [0.4, 0.5) is 0 Å². The molecule has 0 amide bonds. The predicted molar refractivity (Wildman–Crippen MR) is 88.1 cm³/mol. The molecule has 0 N–H and O–H groups in total. The molecule has 0 bridgehead atoms. The van der Waals surface area contributed by atoms with Gasteiger partial charge in [0, 0.05) is 4.83 Å². The molecule has 1 aliphatic carbocycles. The summed E-state index contributed by atoms with van der Waals surface area (Å²) >= 11 is 3.53. The van der Waals surface area contributed by atoms with E-state index in [2.05, 4.69) is 15.9 Å². The Balaban J connectivity index is 2.13. The average Bonchev–Trinajstić information content (AvgIpc) is 2.48. The van der Waals surface area contributed by atoms with Crippen molar-refractivity contribution in [1.82, 2.24) is 0 Å². The lowest BCUT2D eigenvalue weighted by Crippen LogP contribution is -2.30. The van der Waals surface area contributed by atoms with E-state index in [1.54, 1.807) is 30.3 Å². The molecule has 5 heteroatoms. The molecule has 1 aromatic rings. The molecular weight excluding hydrogens is 352 g/mol. The van der Waals surface area contributed by atoms with E-state index in [0.29, 0.717) is 5.92 Å². The second kappa shape index (κ2) is 7.75. The Bertz CT molecular complexity index is 522. The first kappa shape index (κ1) is 17.0. The molecule has 3 nitrogen and oxygen atoms in total. The minimum atomic E-state index is -3.68. The number of halogens is 1. The van der Waals surface area contributed by atoms with Crippen LogP contribution in [0.25, 0.3) is 0 Å². The number of rotatable bonds is 6. The van der Waals surface area contributed by atoms with Crippen LogP contribution in [-0.2, 0) is 14.3 Å². The zero-order valence-electron chi connectivity index (χ0n) is 12.4. The maximum absolute atomic E-state index is 12.4. The molecule has 0 spiro atoms. The summed E-state index contributed by atoms with van der Waals surface area (Å²) in [6.07, 6.45) is 6.21. The summed E-state index contributed by atoms with van der Waals surface area (Å²) in [7, 11) is -3.68. The number of hydrogen-bond donors (Lipinski definition) is 0. The zero-order chi connectivity index (χ0) is 15.3. The fourth-order valence-corrected chi connectivity index (χ4v) is 4.47. The molecule has 21 heavy (non-hydrogen) atoms. The fourth-order valence-electron chi connectivity index (χ4n) is 2.94. The highest BCUT2D eigenvalue weighted by molar-refractivity contribution is 9.09. The maximum atomic E-state index is 12.4. The van der Waals surface area contributed by atoms with Gasteiger partial charge in [-0.2, -0.15) is 8.42 Å². The molecule has 0 saturated heterocycles. The highest BCUT2D eigenvalue weighted by Crippen LogP contribution is 2.32. The fraction of sp³-hybridized carbons (Fsp3) is 0.625. The van der Waals surface area contributed by atoms with Gasteiger partial charge >= 0.3 is 0 Å². The molecule has 1 aromatic carbocycles. The molecule has 1 unspecified atom stereocenters. The second-order valence-corrected chi connectivity index (χ2v) is 8.95. The number of alkyl halides is 1. The van der Waals surface area contributed by atoms with Gasteiger partial charge in [0.2, 0.25) is 0 Å². The van der Waals surface area contributed by atoms with Gasteiger partial charge in [-0.1, -0.05) is 60.3 Å². The van der Waals surface area contributed by atoms with Crippen molar-refractivity contribution in [2.24, 2.45) is 5.92 Å². The molecule has 1 aliphatic rings. The Hall–Kier alpha value is -0.390. The molecule has 0 aliphatic heterocycles. The van der Waals surface area contributed by atoms with Gasteiger partial charge in [0.05, 0.1) is 11.0 Å². The highest BCUT2D eigenvalue weighted by atomic mass is 79.9. The lowest BCUT2D eigenvalue weighted by atomic mass is 9.84. The van der Waals surface area contributed by atoms with Gasteiger partial charge in [-0.15, -0.1) is 0 Å². The van der Waals surface area contributed by atoms with Crippen LogP contribution in [0.3, 0.4) is 0 Å². The quantitative estimate of drug-likeness (QED) is 0.543. The molecule has 0 radical (unpaired) electrons. The van der Waals surface area contributed by atoms with Crippen LogP contribution in [0.5, 0.6) is 0 Å². The summed E-state index contributed by atoms with van der Waals surface area (Å²) in [6.45, 7) is 2.04. The van der Waals surface area contributed by atoms with E-state index in [9.17, 15) is 8.42 Å². The van der Waals surface area contributed by atoms with Crippen molar-refractivity contribution in [2.45, 2.75) is 61.3 Å². The summed E-state index contributed by atoms with van der Waals surface area (Å²) in [5.41, 5.74) is 0. The molecule has 0 aromatic heterocycles. The Kier molecular flexibility index (Phi) is 6.26. The summed E-state index contributed by atoms with van der Waals surface area (Å²) < 4.78 is 30.5. The average molecular weight is 375 g/mol. The molecule has 0 heterocycles. The minimum absolute atomic E-state index is 0.232. The Labute approximate surface area is 136 Å². The van der Waals surface area contributed by atoms with Crippen LogP contribution >= 0.6 is 15.9 Å². The highest BCUT2D eigenvalue weighted by Gasteiger charge is 2.30. The summed E-state index contributed by atoms with van der Waals surface area (Å²) in [6, 6.07) is 8.42. The first-order valence-electron chi connectivity index (χ1n) is 7.61. The van der Waals surface area contributed by atoms with Crippen molar-refractivity contribution in [3.8, 4) is 0 Å². The van der Waals surface area contributed by atoms with Crippen molar-refractivity contribution in [3.63, 3.8) is 0 Å². The van der Waals surface area contributed by atoms with Crippen molar-refractivity contribution < 1.29 is 12.6 Å². The molecule has 118 valence electrons. The zero-order valence-corrected chi connectivity index (χ0v) is 14.8. The lowest BCUT2D eigenvalue weighted by molar-refractivity contribution is 0.107. The van der Waals surface area contributed by atoms with Gasteiger partial charge in [0.1, 0.15) is 0 Å². The third kappa shape index (κ3) is 5.08. The van der Waals surface area contributed by atoms with E-state index in [-0.39, 0.29) is 15.8 Å². The molecular formula is C16H23BrO3S. The second-order valence-electron chi connectivity index (χ2n) is 5.82. The normalized spacial score (nSPS) is 20.1. The van der Waals surface area contributed by atoms with Crippen LogP contribution in [-0.4, -0.2) is 19.3 Å². The third-order valence-electron chi connectivity index (χ3n) is 4.01. The van der Waals surface area contributed by atoms with Crippen molar-refractivity contribution in [3.05, 3.63) is 30.3 Å². The monoisotopic (exact) mass is 374 g/mol. The first-order valence-corrected chi connectivity index (χ1v) is 9.94. The summed E-state index contributed by atoms with van der Waals surface area (Å²) in [5, 5.41) is 0. The van der Waals surface area contributed by atoms with Gasteiger partial charge in [-0.05, 0) is 37.3 Å². The summed E-state index contributed by atoms with van der Waals surface area (Å²) in [4.78, 5) is 0.489. The summed E-state index contributed by atoms with van der Waals surface area (Å²) in [5.74, 6) is 0.345. The van der Waals surface area contributed by atoms with E-state index in [1.165, 1.54) is 19.3 Å².